The fourth-order valence-electron chi connectivity index (χ4n) is 12.7. The van der Waals surface area contributed by atoms with E-state index in [2.05, 4.69) is 21.3 Å². The van der Waals surface area contributed by atoms with Gasteiger partial charge in [-0.3, -0.25) is 38.4 Å². The molecule has 494 valence electrons. The van der Waals surface area contributed by atoms with Gasteiger partial charge < -0.3 is 74.5 Å². The number of Topliss-reactive ketones (excluding diaryl/α,β-unsaturated/α-hetero) is 2. The molecular formula is C64H86N4O22. The molecule has 1 unspecified atom stereocenters. The predicted octanol–water partition coefficient (Wildman–Crippen LogP) is 2.16. The molecule has 6 rings (SSSR count). The standard InChI is InChI=1S/C64H86N4O22/c1-11-85-57(79)40(26-41(70)30-66-46(73)31-67-47(74)32-83-10)24-18-19-25-65-48(75)33-84-34-49(76)88-53(51(38-20-14-12-15-21-38)68-45(72)29-60(4,5)6)59(81)87-42-28-64(82)56(89-58(80)39-22-16-13-17-23-39)54-62(9,55(78)52(77)50(36(42)2)61(64,7)8)43(71)27-44-63(54,35-86-44)90-37(3)69/h12-17,20-23,40,42-44,51-54,56,71,77,82H,11,18-19,24-35H2,1-10H3,(H,65,75)(H,66,73)(H,67,74)(H,68,72)/t40-,42+,43+,44-,51?,52-,53-,54+,56+,62-,63+,64-/m1/s1. The van der Waals surface area contributed by atoms with Crippen LogP contribution in [0.2, 0.25) is 0 Å². The zero-order chi connectivity index (χ0) is 66.5. The van der Waals surface area contributed by atoms with Gasteiger partial charge in [-0.1, -0.05) is 89.6 Å². The lowest BCUT2D eigenvalue weighted by atomic mass is 9.44. The van der Waals surface area contributed by atoms with Gasteiger partial charge in [0.05, 0.1) is 55.2 Å². The molecule has 0 radical (unpaired) electrons. The minimum Gasteiger partial charge on any atom is -0.466 e. The third-order valence-corrected chi connectivity index (χ3v) is 17.2. The smallest absolute Gasteiger partial charge is 0.350 e. The Labute approximate surface area is 522 Å². The van der Waals surface area contributed by atoms with Gasteiger partial charge in [-0.05, 0) is 67.9 Å². The van der Waals surface area contributed by atoms with Crippen LogP contribution in [0.4, 0.5) is 0 Å². The molecule has 2 bridgehead atoms. The fourth-order valence-corrected chi connectivity index (χ4v) is 12.7. The lowest BCUT2D eigenvalue weighted by Gasteiger charge is -2.67. The van der Waals surface area contributed by atoms with Crippen molar-refractivity contribution in [2.75, 3.05) is 59.8 Å². The van der Waals surface area contributed by atoms with Crippen molar-refractivity contribution >= 4 is 65.0 Å². The number of carbonyl (C=O) groups excluding carboxylic acids is 11. The maximum Gasteiger partial charge on any atom is 0.350 e. The Morgan fingerprint density at radius 2 is 1.44 bits per heavy atom. The number of carbonyl (C=O) groups is 11. The summed E-state index contributed by atoms with van der Waals surface area (Å²) in [6, 6.07) is 14.2. The molecule has 2 saturated carbocycles. The summed E-state index contributed by atoms with van der Waals surface area (Å²) in [5.74, 6) is -11.3. The van der Waals surface area contributed by atoms with Crippen LogP contribution in [0.15, 0.2) is 71.8 Å². The van der Waals surface area contributed by atoms with Crippen LogP contribution in [0.25, 0.3) is 0 Å². The van der Waals surface area contributed by atoms with Crippen LogP contribution in [-0.2, 0) is 85.8 Å². The third-order valence-electron chi connectivity index (χ3n) is 17.2. The molecule has 3 fully saturated rings. The largest absolute Gasteiger partial charge is 0.466 e. The SMILES string of the molecule is CCOC(=O)[C@H](CCCCNC(=O)COCC(=O)O[C@@H](C(=O)O[C@H]1C[C@@]2(O)[C@@H](OC(=O)c3ccccc3)[C@@H]3[C@]4(OC(C)=O)CO[C@@H]4C[C@H](O)[C@@]3(C)C(=O)[C@H](O)C(=C1C)C2(C)C)C(NC(=O)CC(C)(C)C)c1ccccc1)CC(=O)CNC(=O)CNC(=O)COC. The van der Waals surface area contributed by atoms with E-state index >= 15 is 9.59 Å². The average Bonchev–Trinajstić information content (AvgIpc) is 0.672. The van der Waals surface area contributed by atoms with Gasteiger partial charge in [0.25, 0.3) is 0 Å². The van der Waals surface area contributed by atoms with E-state index in [1.807, 2.05) is 0 Å². The first kappa shape index (κ1) is 71.6. The Balaban J connectivity index is 1.23. The number of ketones is 2. The number of amides is 4. The van der Waals surface area contributed by atoms with Crippen LogP contribution in [0, 0.1) is 28.1 Å². The van der Waals surface area contributed by atoms with Gasteiger partial charge in [-0.15, -0.1) is 0 Å². The van der Waals surface area contributed by atoms with Crippen LogP contribution in [0.1, 0.15) is 129 Å². The topological polar surface area (TPSA) is 370 Å². The van der Waals surface area contributed by atoms with Crippen LogP contribution in [0.3, 0.4) is 0 Å². The summed E-state index contributed by atoms with van der Waals surface area (Å²) in [6.45, 7) is 11.1. The van der Waals surface area contributed by atoms with E-state index in [0.717, 1.165) is 6.92 Å². The molecule has 4 amide bonds. The van der Waals surface area contributed by atoms with Crippen LogP contribution >= 0.6 is 0 Å². The molecule has 2 aromatic carbocycles. The first-order valence-electron chi connectivity index (χ1n) is 30.1. The van der Waals surface area contributed by atoms with E-state index in [9.17, 15) is 58.5 Å². The maximum absolute atomic E-state index is 15.3. The van der Waals surface area contributed by atoms with Gasteiger partial charge >= 0.3 is 29.8 Å². The van der Waals surface area contributed by atoms with Gasteiger partial charge in [-0.25, -0.2) is 14.4 Å². The predicted molar refractivity (Wildman–Crippen MR) is 316 cm³/mol. The Hall–Kier alpha value is -7.49. The highest BCUT2D eigenvalue weighted by Gasteiger charge is 2.78. The van der Waals surface area contributed by atoms with E-state index in [4.69, 9.17) is 37.9 Å². The highest BCUT2D eigenvalue weighted by molar-refractivity contribution is 5.95. The number of nitrogens with one attached hydrogen (secondary N) is 4. The number of hydrogen-bond donors (Lipinski definition) is 7. The Morgan fingerprint density at radius 1 is 0.800 bits per heavy atom. The first-order valence-corrected chi connectivity index (χ1v) is 30.1. The summed E-state index contributed by atoms with van der Waals surface area (Å²) >= 11 is 0. The molecule has 2 aromatic rings. The van der Waals surface area contributed by atoms with E-state index in [-0.39, 0.29) is 80.9 Å². The van der Waals surface area contributed by atoms with Crippen molar-refractivity contribution in [1.82, 2.24) is 21.3 Å². The van der Waals surface area contributed by atoms with Crippen molar-refractivity contribution in [3.8, 4) is 0 Å². The number of benzene rings is 2. The number of aliphatic hydroxyl groups is 3. The summed E-state index contributed by atoms with van der Waals surface area (Å²) < 4.78 is 45.9. The molecule has 26 heteroatoms. The number of hydrogen-bond acceptors (Lipinski definition) is 22. The second kappa shape index (κ2) is 30.5. The molecule has 26 nitrogen and oxygen atoms in total. The summed E-state index contributed by atoms with van der Waals surface area (Å²) in [6.07, 6.45) is -10.8. The molecule has 0 spiro atoms. The van der Waals surface area contributed by atoms with Gasteiger partial charge in [0, 0.05) is 51.7 Å². The van der Waals surface area contributed by atoms with Gasteiger partial charge in [0.1, 0.15) is 55.9 Å². The third kappa shape index (κ3) is 16.7. The zero-order valence-electron chi connectivity index (χ0n) is 52.7. The molecule has 12 atom stereocenters. The van der Waals surface area contributed by atoms with E-state index in [1.165, 1.54) is 46.9 Å². The Morgan fingerprint density at radius 3 is 2.06 bits per heavy atom. The highest BCUT2D eigenvalue weighted by atomic mass is 16.6. The second-order valence-corrected chi connectivity index (χ2v) is 25.2. The Bertz CT molecular complexity index is 3000. The van der Waals surface area contributed by atoms with Crippen molar-refractivity contribution in [3.05, 3.63) is 82.9 Å². The summed E-state index contributed by atoms with van der Waals surface area (Å²) in [5.41, 5.74) is -8.63. The number of unbranched alkanes of at least 4 members (excludes halogenated alkanes) is 1. The minimum atomic E-state index is -2.50. The van der Waals surface area contributed by atoms with Crippen molar-refractivity contribution in [2.24, 2.45) is 28.1 Å². The molecule has 0 aromatic heterocycles. The average molecular weight is 1260 g/mol. The summed E-state index contributed by atoms with van der Waals surface area (Å²) in [7, 11) is 1.32. The number of esters is 5. The number of fused-ring (bicyclic) bond motifs is 5. The lowest BCUT2D eigenvalue weighted by molar-refractivity contribution is -0.346. The van der Waals surface area contributed by atoms with Crippen molar-refractivity contribution < 1.29 is 106 Å². The van der Waals surface area contributed by atoms with Crippen LogP contribution in [-0.4, -0.2) is 188 Å². The molecule has 4 aliphatic rings. The molecule has 1 saturated heterocycles. The summed E-state index contributed by atoms with van der Waals surface area (Å²) in [5, 5.41) is 48.6. The van der Waals surface area contributed by atoms with Crippen LogP contribution in [0.5, 0.6) is 0 Å². The lowest BCUT2D eigenvalue weighted by Crippen LogP contribution is -2.81. The van der Waals surface area contributed by atoms with E-state index < -0.39 is 173 Å². The van der Waals surface area contributed by atoms with Crippen molar-refractivity contribution in [1.29, 1.82) is 0 Å². The normalized spacial score (nSPS) is 25.9. The number of aliphatic hydroxyl groups excluding tert-OH is 2. The van der Waals surface area contributed by atoms with Gasteiger partial charge in [-0.2, -0.15) is 0 Å². The molecule has 1 heterocycles. The minimum absolute atomic E-state index is 0.0161. The van der Waals surface area contributed by atoms with Crippen molar-refractivity contribution in [3.63, 3.8) is 0 Å². The number of methoxy groups -OCH3 is 1. The van der Waals surface area contributed by atoms with E-state index in [1.54, 1.807) is 76.2 Å². The number of ether oxygens (including phenoxy) is 8. The zero-order valence-corrected chi connectivity index (χ0v) is 52.7. The quantitative estimate of drug-likeness (QED) is 0.0265. The number of rotatable bonds is 29. The maximum atomic E-state index is 15.3. The summed E-state index contributed by atoms with van der Waals surface area (Å²) in [4.78, 5) is 148. The van der Waals surface area contributed by atoms with Gasteiger partial charge in [0.15, 0.2) is 17.2 Å². The molecule has 3 aliphatic carbocycles. The monoisotopic (exact) mass is 1260 g/mol. The highest BCUT2D eigenvalue weighted by Crippen LogP contribution is 2.64. The van der Waals surface area contributed by atoms with E-state index in [0.29, 0.717) is 12.8 Å². The Kier molecular flexibility index (Phi) is 24.3. The molecule has 7 N–H and O–H groups in total. The molecule has 1 aliphatic heterocycles. The van der Waals surface area contributed by atoms with Crippen LogP contribution < -0.4 is 21.3 Å². The van der Waals surface area contributed by atoms with Crippen molar-refractivity contribution in [2.45, 2.75) is 161 Å². The first-order chi connectivity index (χ1) is 42.3. The second-order valence-electron chi connectivity index (χ2n) is 25.2. The fraction of sp³-hybridized carbons (Fsp3) is 0.609. The van der Waals surface area contributed by atoms with Gasteiger partial charge in [0.2, 0.25) is 29.7 Å². The molecular weight excluding hydrogens is 1180 g/mol. The molecule has 90 heavy (non-hydrogen) atoms.